The lowest BCUT2D eigenvalue weighted by molar-refractivity contribution is -0.129. The second kappa shape index (κ2) is 9.01. The number of nitrogens with one attached hydrogen (secondary N) is 2. The molecule has 5 heteroatoms. The molecule has 2 rings (SSSR count). The molecule has 1 aliphatic heterocycles. The molecule has 4 nitrogen and oxygen atoms in total. The van der Waals surface area contributed by atoms with Gasteiger partial charge in [0.2, 0.25) is 0 Å². The smallest absolute Gasteiger partial charge is 0.261 e. The second-order valence-corrected chi connectivity index (χ2v) is 5.78. The van der Waals surface area contributed by atoms with Gasteiger partial charge in [0.15, 0.2) is 6.10 Å². The van der Waals surface area contributed by atoms with E-state index in [9.17, 15) is 4.79 Å². The van der Waals surface area contributed by atoms with E-state index >= 15 is 0 Å². The molecule has 0 bridgehead atoms. The van der Waals surface area contributed by atoms with Gasteiger partial charge in [-0.3, -0.25) is 4.79 Å². The summed E-state index contributed by atoms with van der Waals surface area (Å²) in [7, 11) is 0. The van der Waals surface area contributed by atoms with Crippen molar-refractivity contribution in [3.05, 3.63) is 29.8 Å². The number of hydrogen-bond acceptors (Lipinski definition) is 3. The predicted molar refractivity (Wildman–Crippen MR) is 91.8 cm³/mol. The van der Waals surface area contributed by atoms with Crippen molar-refractivity contribution in [2.75, 3.05) is 6.54 Å². The van der Waals surface area contributed by atoms with Crippen LogP contribution in [-0.2, 0) is 4.79 Å². The maximum atomic E-state index is 12.4. The Hall–Kier alpha value is -1.26. The number of piperidine rings is 1. The zero-order valence-electron chi connectivity index (χ0n) is 13.6. The van der Waals surface area contributed by atoms with Crippen LogP contribution in [0.1, 0.15) is 38.7 Å². The number of benzene rings is 1. The molecule has 0 saturated carbocycles. The molecule has 0 spiro atoms. The van der Waals surface area contributed by atoms with Crippen LogP contribution < -0.4 is 15.4 Å². The summed E-state index contributed by atoms with van der Waals surface area (Å²) in [5.41, 5.74) is 1.05. The summed E-state index contributed by atoms with van der Waals surface area (Å²) < 4.78 is 5.90. The third kappa shape index (κ3) is 4.89. The fraction of sp³-hybridized carbons (Fsp3) is 0.588. The number of hydrogen-bond donors (Lipinski definition) is 2. The second-order valence-electron chi connectivity index (χ2n) is 5.78. The first kappa shape index (κ1) is 18.8. The Balaban J connectivity index is 0.00000242. The minimum atomic E-state index is -0.430. The first-order chi connectivity index (χ1) is 10.1. The number of halogens is 1. The number of carbonyl (C=O) groups excluding carboxylic acids is 1. The molecule has 0 aromatic heterocycles. The summed E-state index contributed by atoms with van der Waals surface area (Å²) in [4.78, 5) is 12.4. The quantitative estimate of drug-likeness (QED) is 0.874. The Morgan fingerprint density at radius 3 is 2.82 bits per heavy atom. The van der Waals surface area contributed by atoms with Gasteiger partial charge in [-0.05, 0) is 51.3 Å². The van der Waals surface area contributed by atoms with Crippen LogP contribution in [-0.4, -0.2) is 30.6 Å². The maximum Gasteiger partial charge on any atom is 0.261 e. The van der Waals surface area contributed by atoms with Crippen molar-refractivity contribution >= 4 is 18.3 Å². The normalized spacial score (nSPS) is 22.3. The minimum Gasteiger partial charge on any atom is -0.480 e. The zero-order chi connectivity index (χ0) is 15.2. The fourth-order valence-corrected chi connectivity index (χ4v) is 2.68. The SMILES string of the molecule is CCC(Oc1ccccc1C)C(=O)NC1CCCNC1C.Cl. The van der Waals surface area contributed by atoms with Crippen LogP contribution in [0.15, 0.2) is 24.3 Å². The first-order valence-corrected chi connectivity index (χ1v) is 7.88. The molecule has 2 N–H and O–H groups in total. The Bertz CT molecular complexity index is 481. The average molecular weight is 327 g/mol. The molecule has 0 aliphatic carbocycles. The van der Waals surface area contributed by atoms with Gasteiger partial charge in [0.05, 0.1) is 0 Å². The summed E-state index contributed by atoms with van der Waals surface area (Å²) in [6.45, 7) is 7.12. The van der Waals surface area contributed by atoms with Gasteiger partial charge < -0.3 is 15.4 Å². The lowest BCUT2D eigenvalue weighted by atomic mass is 9.99. The molecular weight excluding hydrogens is 300 g/mol. The Morgan fingerprint density at radius 2 is 2.18 bits per heavy atom. The molecule has 1 aromatic carbocycles. The van der Waals surface area contributed by atoms with E-state index in [-0.39, 0.29) is 24.4 Å². The van der Waals surface area contributed by atoms with Gasteiger partial charge >= 0.3 is 0 Å². The highest BCUT2D eigenvalue weighted by atomic mass is 35.5. The largest absolute Gasteiger partial charge is 0.480 e. The molecule has 1 fully saturated rings. The lowest BCUT2D eigenvalue weighted by Gasteiger charge is -2.31. The topological polar surface area (TPSA) is 50.4 Å². The molecule has 22 heavy (non-hydrogen) atoms. The third-order valence-corrected chi connectivity index (χ3v) is 4.12. The number of ether oxygens (including phenoxy) is 1. The van der Waals surface area contributed by atoms with Gasteiger partial charge in [0.1, 0.15) is 5.75 Å². The molecule has 1 aliphatic rings. The highest BCUT2D eigenvalue weighted by molar-refractivity contribution is 5.85. The van der Waals surface area contributed by atoms with Gasteiger partial charge in [-0.2, -0.15) is 0 Å². The van der Waals surface area contributed by atoms with Crippen molar-refractivity contribution in [1.29, 1.82) is 0 Å². The highest BCUT2D eigenvalue weighted by Gasteiger charge is 2.26. The predicted octanol–water partition coefficient (Wildman–Crippen LogP) is 2.83. The number of para-hydroxylation sites is 1. The van der Waals surface area contributed by atoms with E-state index in [1.165, 1.54) is 0 Å². The van der Waals surface area contributed by atoms with Crippen molar-refractivity contribution in [3.63, 3.8) is 0 Å². The van der Waals surface area contributed by atoms with E-state index in [1.54, 1.807) is 0 Å². The fourth-order valence-electron chi connectivity index (χ4n) is 2.68. The number of amides is 1. The van der Waals surface area contributed by atoms with Gasteiger partial charge in [0.25, 0.3) is 5.91 Å². The van der Waals surface area contributed by atoms with Crippen molar-refractivity contribution in [2.45, 2.75) is 58.2 Å². The monoisotopic (exact) mass is 326 g/mol. The van der Waals surface area contributed by atoms with Crippen LogP contribution in [0.5, 0.6) is 5.75 Å². The van der Waals surface area contributed by atoms with Crippen molar-refractivity contribution in [2.24, 2.45) is 0 Å². The van der Waals surface area contributed by atoms with Crippen molar-refractivity contribution in [3.8, 4) is 5.75 Å². The number of carbonyl (C=O) groups is 1. The Labute approximate surface area is 139 Å². The summed E-state index contributed by atoms with van der Waals surface area (Å²) in [6, 6.07) is 8.32. The van der Waals surface area contributed by atoms with Crippen LogP contribution >= 0.6 is 12.4 Å². The Kier molecular flexibility index (Phi) is 7.69. The van der Waals surface area contributed by atoms with E-state index in [1.807, 2.05) is 38.1 Å². The molecule has 1 heterocycles. The maximum absolute atomic E-state index is 12.4. The van der Waals surface area contributed by atoms with Gasteiger partial charge in [-0.1, -0.05) is 25.1 Å². The number of aryl methyl sites for hydroxylation is 1. The molecule has 3 unspecified atom stereocenters. The van der Waals surface area contributed by atoms with Gasteiger partial charge in [-0.25, -0.2) is 0 Å². The van der Waals surface area contributed by atoms with Crippen LogP contribution in [0.25, 0.3) is 0 Å². The van der Waals surface area contributed by atoms with Gasteiger partial charge in [-0.15, -0.1) is 12.4 Å². The molecular formula is C17H27ClN2O2. The van der Waals surface area contributed by atoms with Crippen LogP contribution in [0.4, 0.5) is 0 Å². The highest BCUT2D eigenvalue weighted by Crippen LogP contribution is 2.19. The van der Waals surface area contributed by atoms with E-state index in [4.69, 9.17) is 4.74 Å². The minimum absolute atomic E-state index is 0. The van der Waals surface area contributed by atoms with E-state index < -0.39 is 6.10 Å². The molecule has 1 aromatic rings. The van der Waals surface area contributed by atoms with Crippen LogP contribution in [0.2, 0.25) is 0 Å². The van der Waals surface area contributed by atoms with Crippen molar-refractivity contribution < 1.29 is 9.53 Å². The molecule has 124 valence electrons. The van der Waals surface area contributed by atoms with Crippen LogP contribution in [0, 0.1) is 6.92 Å². The summed E-state index contributed by atoms with van der Waals surface area (Å²) in [6.07, 6.45) is 2.36. The van der Waals surface area contributed by atoms with Crippen molar-refractivity contribution in [1.82, 2.24) is 10.6 Å². The zero-order valence-corrected chi connectivity index (χ0v) is 14.4. The van der Waals surface area contributed by atoms with E-state index in [2.05, 4.69) is 17.6 Å². The van der Waals surface area contributed by atoms with E-state index in [0.717, 1.165) is 30.7 Å². The molecule has 1 saturated heterocycles. The summed E-state index contributed by atoms with van der Waals surface area (Å²) >= 11 is 0. The first-order valence-electron chi connectivity index (χ1n) is 7.88. The molecule has 0 radical (unpaired) electrons. The molecule has 3 atom stereocenters. The third-order valence-electron chi connectivity index (χ3n) is 4.12. The average Bonchev–Trinajstić information content (AvgIpc) is 2.48. The van der Waals surface area contributed by atoms with Gasteiger partial charge in [0, 0.05) is 12.1 Å². The number of rotatable bonds is 5. The Morgan fingerprint density at radius 1 is 1.45 bits per heavy atom. The lowest BCUT2D eigenvalue weighted by Crippen LogP contribution is -2.54. The summed E-state index contributed by atoms with van der Waals surface area (Å²) in [5.74, 6) is 0.774. The summed E-state index contributed by atoms with van der Waals surface area (Å²) in [5, 5.41) is 6.53. The van der Waals surface area contributed by atoms with E-state index in [0.29, 0.717) is 12.5 Å². The van der Waals surface area contributed by atoms with Crippen LogP contribution in [0.3, 0.4) is 0 Å². The molecule has 1 amide bonds. The standard InChI is InChI=1S/C17H26N2O2.ClH/c1-4-15(21-16-10-6-5-8-12(16)2)17(20)19-14-9-7-11-18-13(14)3;/h5-6,8,10,13-15,18H,4,7,9,11H2,1-3H3,(H,19,20);1H.